The minimum atomic E-state index is -3.98. The highest BCUT2D eigenvalue weighted by atomic mass is 32.2. The lowest BCUT2D eigenvalue weighted by molar-refractivity contribution is -0.121. The summed E-state index contributed by atoms with van der Waals surface area (Å²) in [7, 11) is -3.98. The van der Waals surface area contributed by atoms with Crippen molar-refractivity contribution in [1.29, 1.82) is 0 Å². The molecule has 1 aliphatic rings. The lowest BCUT2D eigenvalue weighted by Crippen LogP contribution is -2.40. The van der Waals surface area contributed by atoms with Crippen molar-refractivity contribution in [3.05, 3.63) is 71.6 Å². The second kappa shape index (κ2) is 8.45. The molecule has 3 aromatic rings. The molecule has 2 aromatic carbocycles. The molecule has 10 heteroatoms. The first-order valence-electron chi connectivity index (χ1n) is 9.57. The average Bonchev–Trinajstić information content (AvgIpc) is 3.34. The molecule has 0 radical (unpaired) electrons. The number of allylic oxidation sites excluding steroid dienone is 1. The van der Waals surface area contributed by atoms with Crippen molar-refractivity contribution >= 4 is 37.5 Å². The highest BCUT2D eigenvalue weighted by molar-refractivity contribution is 7.89. The Kier molecular flexibility index (Phi) is 5.87. The molecule has 1 amide bonds. The fraction of sp³-hybridized carbons (Fsp3) is 0.238. The van der Waals surface area contributed by atoms with Crippen LogP contribution in [0.5, 0.6) is 0 Å². The summed E-state index contributed by atoms with van der Waals surface area (Å²) in [6, 6.07) is 7.85. The summed E-state index contributed by atoms with van der Waals surface area (Å²) in [4.78, 5) is 17.5. The maximum Gasteiger partial charge on any atom is 0.266 e. The van der Waals surface area contributed by atoms with Crippen LogP contribution in [0.1, 0.15) is 12.8 Å². The van der Waals surface area contributed by atoms with Gasteiger partial charge in [0.05, 0.1) is 15.1 Å². The highest BCUT2D eigenvalue weighted by Gasteiger charge is 2.39. The number of carbonyl (C=O) groups is 1. The Labute approximate surface area is 181 Å². The quantitative estimate of drug-likeness (QED) is 0.544. The molecule has 1 atom stereocenters. The van der Waals surface area contributed by atoms with E-state index in [0.29, 0.717) is 34.4 Å². The number of halogens is 2. The summed E-state index contributed by atoms with van der Waals surface area (Å²) in [5, 5.41) is 0. The van der Waals surface area contributed by atoms with Gasteiger partial charge in [0.25, 0.3) is 5.91 Å². The SMILES string of the molecule is C=CCn1c(=NC(=O)C2CCCN2S(=O)(=O)c2ccc(F)cc2)sc2cc(F)ccc21. The van der Waals surface area contributed by atoms with E-state index in [0.717, 1.165) is 27.8 Å². The number of benzene rings is 2. The van der Waals surface area contributed by atoms with Crippen LogP contribution in [0.25, 0.3) is 10.2 Å². The molecule has 0 N–H and O–H groups in total. The topological polar surface area (TPSA) is 71.7 Å². The Balaban J connectivity index is 1.72. The number of amides is 1. The van der Waals surface area contributed by atoms with E-state index in [-0.39, 0.29) is 11.4 Å². The van der Waals surface area contributed by atoms with E-state index in [1.54, 1.807) is 16.7 Å². The van der Waals surface area contributed by atoms with Crippen LogP contribution in [0.15, 0.2) is 65.0 Å². The maximum absolute atomic E-state index is 13.6. The van der Waals surface area contributed by atoms with Crippen LogP contribution in [0.2, 0.25) is 0 Å². The number of nitrogens with zero attached hydrogens (tertiary/aromatic N) is 3. The van der Waals surface area contributed by atoms with Crippen molar-refractivity contribution in [3.63, 3.8) is 0 Å². The monoisotopic (exact) mass is 463 g/mol. The standard InChI is InChI=1S/C21H19F2N3O3S2/c1-2-11-25-17-10-7-15(23)13-19(17)30-21(25)24-20(27)18-4-3-12-26(18)31(28,29)16-8-5-14(22)6-9-16/h2,5-10,13,18H,1,3-4,11-12H2. The van der Waals surface area contributed by atoms with Gasteiger partial charge in [-0.3, -0.25) is 4.79 Å². The van der Waals surface area contributed by atoms with Crippen molar-refractivity contribution in [2.45, 2.75) is 30.3 Å². The van der Waals surface area contributed by atoms with Crippen LogP contribution in [0.4, 0.5) is 8.78 Å². The van der Waals surface area contributed by atoms with Gasteiger partial charge in [0.1, 0.15) is 17.7 Å². The number of thiazole rings is 1. The summed E-state index contributed by atoms with van der Waals surface area (Å²) in [5.41, 5.74) is 0.708. The zero-order valence-electron chi connectivity index (χ0n) is 16.4. The van der Waals surface area contributed by atoms with Gasteiger partial charge < -0.3 is 4.57 Å². The van der Waals surface area contributed by atoms with E-state index in [1.807, 2.05) is 0 Å². The predicted molar refractivity (Wildman–Crippen MR) is 114 cm³/mol. The zero-order valence-corrected chi connectivity index (χ0v) is 18.0. The van der Waals surface area contributed by atoms with Gasteiger partial charge in [-0.2, -0.15) is 9.30 Å². The zero-order chi connectivity index (χ0) is 22.2. The minimum absolute atomic E-state index is 0.0762. The van der Waals surface area contributed by atoms with E-state index in [4.69, 9.17) is 0 Å². The fourth-order valence-electron chi connectivity index (χ4n) is 3.62. The van der Waals surface area contributed by atoms with Crippen LogP contribution in [-0.2, 0) is 21.4 Å². The molecule has 0 spiro atoms. The third-order valence-electron chi connectivity index (χ3n) is 5.07. The van der Waals surface area contributed by atoms with Crippen molar-refractivity contribution < 1.29 is 22.0 Å². The van der Waals surface area contributed by atoms with Crippen molar-refractivity contribution in [2.75, 3.05) is 6.54 Å². The first kappa shape index (κ1) is 21.5. The van der Waals surface area contributed by atoms with E-state index in [2.05, 4.69) is 11.6 Å². The molecule has 162 valence electrons. The Morgan fingerprint density at radius 3 is 2.61 bits per heavy atom. The van der Waals surface area contributed by atoms with E-state index >= 15 is 0 Å². The molecule has 4 rings (SSSR count). The lowest BCUT2D eigenvalue weighted by Gasteiger charge is -2.21. The molecule has 6 nitrogen and oxygen atoms in total. The largest absolute Gasteiger partial charge is 0.313 e. The van der Waals surface area contributed by atoms with E-state index in [1.165, 1.54) is 24.3 Å². The van der Waals surface area contributed by atoms with Gasteiger partial charge in [-0.1, -0.05) is 17.4 Å². The molecule has 1 aliphatic heterocycles. The van der Waals surface area contributed by atoms with Gasteiger partial charge in [0.2, 0.25) is 10.0 Å². The van der Waals surface area contributed by atoms with Crippen LogP contribution in [-0.4, -0.2) is 35.8 Å². The third kappa shape index (κ3) is 4.10. The summed E-state index contributed by atoms with van der Waals surface area (Å²) in [5.74, 6) is -1.53. The maximum atomic E-state index is 13.6. The number of sulfonamides is 1. The molecular formula is C21H19F2N3O3S2. The fourth-order valence-corrected chi connectivity index (χ4v) is 6.34. The average molecular weight is 464 g/mol. The lowest BCUT2D eigenvalue weighted by atomic mass is 10.2. The molecule has 0 saturated carbocycles. The summed E-state index contributed by atoms with van der Waals surface area (Å²) < 4.78 is 56.3. The Morgan fingerprint density at radius 2 is 1.90 bits per heavy atom. The number of carbonyl (C=O) groups excluding carboxylic acids is 1. The van der Waals surface area contributed by atoms with Gasteiger partial charge in [0, 0.05) is 13.1 Å². The smallest absolute Gasteiger partial charge is 0.266 e. The highest BCUT2D eigenvalue weighted by Crippen LogP contribution is 2.27. The third-order valence-corrected chi connectivity index (χ3v) is 8.03. The first-order valence-corrected chi connectivity index (χ1v) is 11.8. The van der Waals surface area contributed by atoms with Crippen molar-refractivity contribution in [1.82, 2.24) is 8.87 Å². The van der Waals surface area contributed by atoms with Gasteiger partial charge in [-0.05, 0) is 55.3 Å². The Bertz CT molecular complexity index is 1330. The summed E-state index contributed by atoms with van der Waals surface area (Å²) in [6.07, 6.45) is 2.49. The summed E-state index contributed by atoms with van der Waals surface area (Å²) >= 11 is 1.15. The first-order chi connectivity index (χ1) is 14.8. The van der Waals surface area contributed by atoms with Crippen LogP contribution >= 0.6 is 11.3 Å². The summed E-state index contributed by atoms with van der Waals surface area (Å²) in [6.45, 7) is 4.25. The van der Waals surface area contributed by atoms with E-state index < -0.39 is 33.6 Å². The molecule has 31 heavy (non-hydrogen) atoms. The Hall–Kier alpha value is -2.69. The molecule has 0 bridgehead atoms. The molecule has 1 fully saturated rings. The van der Waals surface area contributed by atoms with Crippen molar-refractivity contribution in [2.24, 2.45) is 4.99 Å². The second-order valence-corrected chi connectivity index (χ2v) is 9.97. The predicted octanol–water partition coefficient (Wildman–Crippen LogP) is 3.45. The van der Waals surface area contributed by atoms with Gasteiger partial charge in [0.15, 0.2) is 4.80 Å². The normalized spacial score (nSPS) is 18.0. The van der Waals surface area contributed by atoms with E-state index in [9.17, 15) is 22.0 Å². The van der Waals surface area contributed by atoms with Crippen LogP contribution < -0.4 is 4.80 Å². The minimum Gasteiger partial charge on any atom is -0.313 e. The second-order valence-electron chi connectivity index (χ2n) is 7.07. The molecule has 1 aromatic heterocycles. The molecule has 1 saturated heterocycles. The van der Waals surface area contributed by atoms with Crippen LogP contribution in [0, 0.1) is 11.6 Å². The number of rotatable bonds is 5. The molecule has 2 heterocycles. The number of fused-ring (bicyclic) bond motifs is 1. The van der Waals surface area contributed by atoms with Gasteiger partial charge >= 0.3 is 0 Å². The molecular weight excluding hydrogens is 444 g/mol. The number of aromatic nitrogens is 1. The number of hydrogen-bond acceptors (Lipinski definition) is 4. The molecule has 1 unspecified atom stereocenters. The Morgan fingerprint density at radius 1 is 1.19 bits per heavy atom. The van der Waals surface area contributed by atoms with Crippen LogP contribution in [0.3, 0.4) is 0 Å². The van der Waals surface area contributed by atoms with Gasteiger partial charge in [-0.15, -0.1) is 6.58 Å². The van der Waals surface area contributed by atoms with Gasteiger partial charge in [-0.25, -0.2) is 17.2 Å². The molecule has 0 aliphatic carbocycles. The van der Waals surface area contributed by atoms with Crippen molar-refractivity contribution in [3.8, 4) is 0 Å². The number of hydrogen-bond donors (Lipinski definition) is 0.